The molecule has 204 valence electrons. The van der Waals surface area contributed by atoms with Crippen LogP contribution in [0.5, 0.6) is 5.75 Å². The lowest BCUT2D eigenvalue weighted by Crippen LogP contribution is -2.32. The van der Waals surface area contributed by atoms with Gasteiger partial charge in [0.1, 0.15) is 5.75 Å². The fourth-order valence-corrected chi connectivity index (χ4v) is 4.34. The molecule has 0 saturated carbocycles. The molecule has 3 aromatic carbocycles. The topological polar surface area (TPSA) is 50.4 Å². The van der Waals surface area contributed by atoms with Crippen LogP contribution in [0.1, 0.15) is 83.3 Å². The van der Waals surface area contributed by atoms with E-state index in [0.717, 1.165) is 48.4 Å². The van der Waals surface area contributed by atoms with Crippen molar-refractivity contribution in [3.8, 4) is 16.9 Å². The van der Waals surface area contributed by atoms with Crippen LogP contribution in [0.2, 0.25) is 0 Å². The van der Waals surface area contributed by atoms with E-state index in [4.69, 9.17) is 4.74 Å². The van der Waals surface area contributed by atoms with Crippen molar-refractivity contribution in [2.75, 3.05) is 18.5 Å². The second kappa shape index (κ2) is 16.5. The minimum absolute atomic E-state index is 0.157. The fraction of sp³-hybridized carbons (Fsp3) is 0.441. The lowest BCUT2D eigenvalue weighted by atomic mass is 10.00. The Balaban J connectivity index is 1.41. The molecular weight excluding hydrogens is 468 g/mol. The Bertz CT molecular complexity index is 1060. The Hall–Kier alpha value is -3.27. The van der Waals surface area contributed by atoms with Crippen LogP contribution in [0, 0.1) is 5.92 Å². The SMILES string of the molecule is CCCCCCCCCOc1ccc(Cc2ccc(-c3ccc(NC(=O)NCC(C)CC)cc3)cc2)cc1. The standard InChI is InChI=1S/C34H46N2O2/c1-4-6-7-8-9-10-11-24-38-33-22-14-29(15-23-33)25-28-12-16-30(17-13-28)31-18-20-32(21-19-31)36-34(37)35-26-27(3)5-2/h12-23,27H,4-11,24-26H2,1-3H3,(H2,35,36,37). The molecule has 4 nitrogen and oxygen atoms in total. The molecular formula is C34H46N2O2. The maximum atomic E-state index is 12.1. The summed E-state index contributed by atoms with van der Waals surface area (Å²) in [6.07, 6.45) is 11.0. The first kappa shape index (κ1) is 29.3. The summed E-state index contributed by atoms with van der Waals surface area (Å²) < 4.78 is 5.93. The minimum Gasteiger partial charge on any atom is -0.494 e. The maximum absolute atomic E-state index is 12.1. The highest BCUT2D eigenvalue weighted by Crippen LogP contribution is 2.23. The van der Waals surface area contributed by atoms with E-state index in [9.17, 15) is 4.79 Å². The number of hydrogen-bond acceptors (Lipinski definition) is 2. The fourth-order valence-electron chi connectivity index (χ4n) is 4.34. The third-order valence-corrected chi connectivity index (χ3v) is 7.09. The van der Waals surface area contributed by atoms with E-state index in [1.165, 1.54) is 49.7 Å². The van der Waals surface area contributed by atoms with Crippen molar-refractivity contribution in [1.29, 1.82) is 0 Å². The van der Waals surface area contributed by atoms with Gasteiger partial charge in [0.15, 0.2) is 0 Å². The average molecular weight is 515 g/mol. The molecule has 2 N–H and O–H groups in total. The first-order valence-corrected chi connectivity index (χ1v) is 14.5. The van der Waals surface area contributed by atoms with E-state index in [1.807, 2.05) is 24.3 Å². The highest BCUT2D eigenvalue weighted by atomic mass is 16.5. The van der Waals surface area contributed by atoms with Crippen LogP contribution in [0.4, 0.5) is 10.5 Å². The molecule has 0 aliphatic rings. The van der Waals surface area contributed by atoms with Gasteiger partial charge in [0, 0.05) is 12.2 Å². The van der Waals surface area contributed by atoms with E-state index < -0.39 is 0 Å². The van der Waals surface area contributed by atoms with Crippen molar-refractivity contribution in [2.24, 2.45) is 5.92 Å². The van der Waals surface area contributed by atoms with Crippen LogP contribution in [0.25, 0.3) is 11.1 Å². The maximum Gasteiger partial charge on any atom is 0.319 e. The minimum atomic E-state index is -0.157. The summed E-state index contributed by atoms with van der Waals surface area (Å²) in [6, 6.07) is 25.0. The lowest BCUT2D eigenvalue weighted by molar-refractivity contribution is 0.250. The first-order chi connectivity index (χ1) is 18.6. The van der Waals surface area contributed by atoms with Gasteiger partial charge in [-0.2, -0.15) is 0 Å². The second-order valence-corrected chi connectivity index (χ2v) is 10.4. The van der Waals surface area contributed by atoms with Crippen molar-refractivity contribution in [1.82, 2.24) is 5.32 Å². The van der Waals surface area contributed by atoms with Gasteiger partial charge in [-0.15, -0.1) is 0 Å². The number of nitrogens with one attached hydrogen (secondary N) is 2. The number of hydrogen-bond donors (Lipinski definition) is 2. The Kier molecular flexibility index (Phi) is 12.8. The summed E-state index contributed by atoms with van der Waals surface area (Å²) in [7, 11) is 0. The van der Waals surface area contributed by atoms with E-state index in [0.29, 0.717) is 12.5 Å². The lowest BCUT2D eigenvalue weighted by Gasteiger charge is -2.12. The van der Waals surface area contributed by atoms with Gasteiger partial charge in [-0.05, 0) is 65.3 Å². The number of urea groups is 1. The van der Waals surface area contributed by atoms with Crippen LogP contribution in [-0.2, 0) is 6.42 Å². The van der Waals surface area contributed by atoms with Crippen molar-refractivity contribution >= 4 is 11.7 Å². The van der Waals surface area contributed by atoms with Crippen molar-refractivity contribution < 1.29 is 9.53 Å². The number of carbonyl (C=O) groups is 1. The molecule has 0 aliphatic carbocycles. The predicted molar refractivity (Wildman–Crippen MR) is 161 cm³/mol. The van der Waals surface area contributed by atoms with Gasteiger partial charge in [-0.25, -0.2) is 4.79 Å². The molecule has 0 saturated heterocycles. The summed E-state index contributed by atoms with van der Waals surface area (Å²) in [6.45, 7) is 8.00. The van der Waals surface area contributed by atoms with Gasteiger partial charge in [0.25, 0.3) is 0 Å². The summed E-state index contributed by atoms with van der Waals surface area (Å²) in [4.78, 5) is 12.1. The predicted octanol–water partition coefficient (Wildman–Crippen LogP) is 9.24. The van der Waals surface area contributed by atoms with Gasteiger partial charge in [0.05, 0.1) is 6.61 Å². The van der Waals surface area contributed by atoms with Crippen molar-refractivity contribution in [3.63, 3.8) is 0 Å². The van der Waals surface area contributed by atoms with Gasteiger partial charge in [-0.3, -0.25) is 0 Å². The van der Waals surface area contributed by atoms with Crippen LogP contribution in [0.15, 0.2) is 72.8 Å². The van der Waals surface area contributed by atoms with Crippen molar-refractivity contribution in [3.05, 3.63) is 83.9 Å². The molecule has 1 atom stereocenters. The van der Waals surface area contributed by atoms with E-state index in [2.05, 4.69) is 79.9 Å². The summed E-state index contributed by atoms with van der Waals surface area (Å²) in [5.41, 5.74) is 5.65. The van der Waals surface area contributed by atoms with Crippen LogP contribution in [0.3, 0.4) is 0 Å². The number of rotatable bonds is 16. The molecule has 0 spiro atoms. The highest BCUT2D eigenvalue weighted by molar-refractivity contribution is 5.89. The van der Waals surface area contributed by atoms with Gasteiger partial charge < -0.3 is 15.4 Å². The second-order valence-electron chi connectivity index (χ2n) is 10.4. The monoisotopic (exact) mass is 514 g/mol. The Morgan fingerprint density at radius 2 is 1.29 bits per heavy atom. The summed E-state index contributed by atoms with van der Waals surface area (Å²) in [5, 5.41) is 5.83. The highest BCUT2D eigenvalue weighted by Gasteiger charge is 2.05. The van der Waals surface area contributed by atoms with Crippen LogP contribution >= 0.6 is 0 Å². The van der Waals surface area contributed by atoms with Gasteiger partial charge in [0.2, 0.25) is 0 Å². The quantitative estimate of drug-likeness (QED) is 0.187. The summed E-state index contributed by atoms with van der Waals surface area (Å²) >= 11 is 0. The number of unbranched alkanes of at least 4 members (excludes halogenated alkanes) is 6. The molecule has 0 aromatic heterocycles. The molecule has 0 heterocycles. The Labute approximate surface area is 230 Å². The van der Waals surface area contributed by atoms with Crippen LogP contribution in [-0.4, -0.2) is 19.2 Å². The Morgan fingerprint density at radius 3 is 1.89 bits per heavy atom. The smallest absolute Gasteiger partial charge is 0.319 e. The third kappa shape index (κ3) is 10.6. The Morgan fingerprint density at radius 1 is 0.737 bits per heavy atom. The molecule has 38 heavy (non-hydrogen) atoms. The van der Waals surface area contributed by atoms with Crippen molar-refractivity contribution in [2.45, 2.75) is 78.6 Å². The largest absolute Gasteiger partial charge is 0.494 e. The molecule has 0 radical (unpaired) electrons. The van der Waals surface area contributed by atoms with Crippen LogP contribution < -0.4 is 15.4 Å². The zero-order valence-electron chi connectivity index (χ0n) is 23.6. The zero-order valence-corrected chi connectivity index (χ0v) is 23.6. The third-order valence-electron chi connectivity index (χ3n) is 7.09. The van der Waals surface area contributed by atoms with E-state index >= 15 is 0 Å². The molecule has 3 rings (SSSR count). The molecule has 0 fully saturated rings. The number of benzene rings is 3. The zero-order chi connectivity index (χ0) is 27.0. The first-order valence-electron chi connectivity index (χ1n) is 14.5. The molecule has 0 bridgehead atoms. The normalized spacial score (nSPS) is 11.7. The molecule has 0 aliphatic heterocycles. The van der Waals surface area contributed by atoms with E-state index in [1.54, 1.807) is 0 Å². The van der Waals surface area contributed by atoms with E-state index in [-0.39, 0.29) is 6.03 Å². The number of amides is 2. The average Bonchev–Trinajstić information content (AvgIpc) is 2.95. The number of carbonyl (C=O) groups excluding carboxylic acids is 1. The summed E-state index contributed by atoms with van der Waals surface area (Å²) in [5.74, 6) is 1.44. The molecule has 3 aromatic rings. The number of anilines is 1. The molecule has 4 heteroatoms. The van der Waals surface area contributed by atoms with Gasteiger partial charge >= 0.3 is 6.03 Å². The number of ether oxygens (including phenoxy) is 1. The molecule has 2 amide bonds. The molecule has 1 unspecified atom stereocenters. The van der Waals surface area contributed by atoms with Gasteiger partial charge in [-0.1, -0.05) is 114 Å².